The first-order valence-corrected chi connectivity index (χ1v) is 5.45. The first-order chi connectivity index (χ1) is 7.79. The van der Waals surface area contributed by atoms with Crippen molar-refractivity contribution in [3.8, 4) is 0 Å². The molecule has 0 aliphatic carbocycles. The van der Waals surface area contributed by atoms with E-state index in [9.17, 15) is 4.79 Å². The smallest absolute Gasteiger partial charge is 0.195 e. The number of aromatic nitrogens is 2. The van der Waals surface area contributed by atoms with Crippen molar-refractivity contribution in [1.82, 2.24) is 14.9 Å². The van der Waals surface area contributed by atoms with Gasteiger partial charge >= 0.3 is 0 Å². The van der Waals surface area contributed by atoms with Crippen molar-refractivity contribution >= 4 is 11.0 Å². The molecule has 0 saturated carbocycles. The molecule has 3 heterocycles. The fourth-order valence-corrected chi connectivity index (χ4v) is 2.39. The van der Waals surface area contributed by atoms with E-state index in [0.29, 0.717) is 11.9 Å². The maximum Gasteiger partial charge on any atom is 0.195 e. The number of nitrogens with zero attached hydrogens (tertiary/aromatic N) is 2. The molecule has 0 spiro atoms. The van der Waals surface area contributed by atoms with E-state index >= 15 is 0 Å². The highest BCUT2D eigenvalue weighted by molar-refractivity contribution is 5.76. The monoisotopic (exact) mass is 215 g/mol. The molecule has 1 aliphatic rings. The Balaban J connectivity index is 2.49. The van der Waals surface area contributed by atoms with E-state index in [1.165, 1.54) is 0 Å². The number of rotatable bonds is 0. The average molecular weight is 215 g/mol. The standard InChI is InChI=1S/C12H13N3O/c1-15-10-4-6-13-7-9(10)11(16)8-3-2-5-14-12(8)15/h2-3,5,13H,4,6-7H2,1H3. The normalized spacial score (nSPS) is 15.1. The highest BCUT2D eigenvalue weighted by Gasteiger charge is 2.17. The van der Waals surface area contributed by atoms with E-state index in [1.807, 2.05) is 23.7 Å². The molecular weight excluding hydrogens is 202 g/mol. The predicted molar refractivity (Wildman–Crippen MR) is 62.4 cm³/mol. The first-order valence-electron chi connectivity index (χ1n) is 5.45. The van der Waals surface area contributed by atoms with Crippen LogP contribution >= 0.6 is 0 Å². The summed E-state index contributed by atoms with van der Waals surface area (Å²) in [5.41, 5.74) is 2.93. The van der Waals surface area contributed by atoms with Crippen LogP contribution in [0.15, 0.2) is 23.1 Å². The molecule has 2 aromatic heterocycles. The maximum absolute atomic E-state index is 12.2. The summed E-state index contributed by atoms with van der Waals surface area (Å²) in [5, 5.41) is 3.96. The number of hydrogen-bond acceptors (Lipinski definition) is 3. The minimum absolute atomic E-state index is 0.128. The van der Waals surface area contributed by atoms with Crippen molar-refractivity contribution in [1.29, 1.82) is 0 Å². The van der Waals surface area contributed by atoms with Crippen molar-refractivity contribution in [2.45, 2.75) is 13.0 Å². The number of pyridine rings is 2. The molecular formula is C12H13N3O. The van der Waals surface area contributed by atoms with Gasteiger partial charge in [0.2, 0.25) is 0 Å². The van der Waals surface area contributed by atoms with Crippen molar-refractivity contribution in [3.63, 3.8) is 0 Å². The highest BCUT2D eigenvalue weighted by Crippen LogP contribution is 2.15. The summed E-state index contributed by atoms with van der Waals surface area (Å²) in [5.74, 6) is 0. The topological polar surface area (TPSA) is 46.9 Å². The van der Waals surface area contributed by atoms with Crippen LogP contribution in [0, 0.1) is 0 Å². The Bertz CT molecular complexity index is 615. The number of hydrogen-bond donors (Lipinski definition) is 1. The third-order valence-corrected chi connectivity index (χ3v) is 3.22. The summed E-state index contributed by atoms with van der Waals surface area (Å²) in [6, 6.07) is 3.66. The van der Waals surface area contributed by atoms with Gasteiger partial charge < -0.3 is 9.88 Å². The molecule has 0 atom stereocenters. The maximum atomic E-state index is 12.2. The van der Waals surface area contributed by atoms with Gasteiger partial charge in [-0.15, -0.1) is 0 Å². The molecule has 0 aromatic carbocycles. The predicted octanol–water partition coefficient (Wildman–Crippen LogP) is 0.579. The van der Waals surface area contributed by atoms with Crippen molar-refractivity contribution in [2.75, 3.05) is 6.54 Å². The summed E-state index contributed by atoms with van der Waals surface area (Å²) >= 11 is 0. The second-order valence-electron chi connectivity index (χ2n) is 4.11. The van der Waals surface area contributed by atoms with E-state index in [2.05, 4.69) is 10.3 Å². The van der Waals surface area contributed by atoms with E-state index < -0.39 is 0 Å². The average Bonchev–Trinajstić information content (AvgIpc) is 2.36. The molecule has 1 N–H and O–H groups in total. The minimum atomic E-state index is 0.128. The van der Waals surface area contributed by atoms with Gasteiger partial charge in [-0.3, -0.25) is 4.79 Å². The first kappa shape index (κ1) is 9.54. The van der Waals surface area contributed by atoms with Crippen molar-refractivity contribution in [3.05, 3.63) is 39.8 Å². The van der Waals surface area contributed by atoms with Gasteiger partial charge in [0, 0.05) is 44.0 Å². The van der Waals surface area contributed by atoms with E-state index in [1.54, 1.807) is 6.20 Å². The fourth-order valence-electron chi connectivity index (χ4n) is 2.39. The summed E-state index contributed by atoms with van der Waals surface area (Å²) in [4.78, 5) is 16.5. The third kappa shape index (κ3) is 1.20. The van der Waals surface area contributed by atoms with E-state index in [0.717, 1.165) is 29.9 Å². The van der Waals surface area contributed by atoms with Crippen LogP contribution in [0.5, 0.6) is 0 Å². The van der Waals surface area contributed by atoms with Crippen LogP contribution in [0.3, 0.4) is 0 Å². The molecule has 82 valence electrons. The summed E-state index contributed by atoms with van der Waals surface area (Å²) < 4.78 is 2.05. The fraction of sp³-hybridized carbons (Fsp3) is 0.333. The highest BCUT2D eigenvalue weighted by atomic mass is 16.1. The van der Waals surface area contributed by atoms with Crippen LogP contribution < -0.4 is 10.7 Å². The Hall–Kier alpha value is -1.68. The van der Waals surface area contributed by atoms with Crippen LogP contribution in [-0.2, 0) is 20.0 Å². The van der Waals surface area contributed by atoms with Gasteiger partial charge in [0.1, 0.15) is 5.65 Å². The third-order valence-electron chi connectivity index (χ3n) is 3.22. The summed E-state index contributed by atoms with van der Waals surface area (Å²) in [6.07, 6.45) is 2.63. The Morgan fingerprint density at radius 2 is 2.38 bits per heavy atom. The zero-order chi connectivity index (χ0) is 11.1. The molecule has 1 aliphatic heterocycles. The largest absolute Gasteiger partial charge is 0.332 e. The number of aryl methyl sites for hydroxylation is 1. The van der Waals surface area contributed by atoms with E-state index in [4.69, 9.17) is 0 Å². The molecule has 0 bridgehead atoms. The minimum Gasteiger partial charge on any atom is -0.332 e. The van der Waals surface area contributed by atoms with Gasteiger partial charge in [-0.25, -0.2) is 4.98 Å². The van der Waals surface area contributed by atoms with Crippen LogP contribution in [0.2, 0.25) is 0 Å². The molecule has 0 amide bonds. The zero-order valence-electron chi connectivity index (χ0n) is 9.16. The lowest BCUT2D eigenvalue weighted by molar-refractivity contribution is 0.606. The van der Waals surface area contributed by atoms with Gasteiger partial charge in [0.25, 0.3) is 0 Å². The zero-order valence-corrected chi connectivity index (χ0v) is 9.16. The lowest BCUT2D eigenvalue weighted by Gasteiger charge is -2.20. The second kappa shape index (κ2) is 3.42. The second-order valence-corrected chi connectivity index (χ2v) is 4.11. The van der Waals surface area contributed by atoms with Crippen LogP contribution in [0.25, 0.3) is 11.0 Å². The quantitative estimate of drug-likeness (QED) is 0.699. The molecule has 3 rings (SSSR count). The lowest BCUT2D eigenvalue weighted by atomic mass is 10.0. The van der Waals surface area contributed by atoms with E-state index in [-0.39, 0.29) is 5.43 Å². The van der Waals surface area contributed by atoms with Crippen molar-refractivity contribution in [2.24, 2.45) is 7.05 Å². The van der Waals surface area contributed by atoms with Crippen LogP contribution in [-0.4, -0.2) is 16.1 Å². The van der Waals surface area contributed by atoms with Crippen LogP contribution in [0.4, 0.5) is 0 Å². The Morgan fingerprint density at radius 3 is 3.25 bits per heavy atom. The molecule has 0 fully saturated rings. The molecule has 2 aromatic rings. The van der Waals surface area contributed by atoms with Gasteiger partial charge in [0.05, 0.1) is 5.39 Å². The molecule has 0 unspecified atom stereocenters. The summed E-state index contributed by atoms with van der Waals surface area (Å²) in [7, 11) is 1.99. The SMILES string of the molecule is Cn1c2c(c(=O)c3cccnc31)CNCC2. The number of nitrogens with one attached hydrogen (secondary N) is 1. The Morgan fingerprint density at radius 1 is 1.50 bits per heavy atom. The van der Waals surface area contributed by atoms with Gasteiger partial charge in [-0.2, -0.15) is 0 Å². The molecule has 4 heteroatoms. The Kier molecular flexibility index (Phi) is 2.04. The molecule has 0 saturated heterocycles. The van der Waals surface area contributed by atoms with Crippen molar-refractivity contribution < 1.29 is 0 Å². The molecule has 4 nitrogen and oxygen atoms in total. The molecule has 0 radical (unpaired) electrons. The number of fused-ring (bicyclic) bond motifs is 2. The van der Waals surface area contributed by atoms with Gasteiger partial charge in [-0.1, -0.05) is 0 Å². The lowest BCUT2D eigenvalue weighted by Crippen LogP contribution is -2.32. The van der Waals surface area contributed by atoms with Gasteiger partial charge in [0.15, 0.2) is 5.43 Å². The Labute approximate surface area is 92.9 Å². The van der Waals surface area contributed by atoms with Crippen LogP contribution in [0.1, 0.15) is 11.3 Å². The summed E-state index contributed by atoms with van der Waals surface area (Å²) in [6.45, 7) is 1.60. The molecule has 16 heavy (non-hydrogen) atoms. The van der Waals surface area contributed by atoms with Gasteiger partial charge in [-0.05, 0) is 12.1 Å².